The Kier molecular flexibility index (Phi) is 5.34. The molecule has 0 aromatic carbocycles. The van der Waals surface area contributed by atoms with Gasteiger partial charge in [-0.25, -0.2) is 0 Å². The molecule has 0 radical (unpaired) electrons. The Balaban J connectivity index is 1.43. The zero-order chi connectivity index (χ0) is 19.3. The van der Waals surface area contributed by atoms with E-state index in [1.54, 1.807) is 29.8 Å². The second kappa shape index (κ2) is 8.22. The lowest BCUT2D eigenvalue weighted by Gasteiger charge is -2.09. The molecule has 4 rings (SSSR count). The van der Waals surface area contributed by atoms with Crippen LogP contribution in [-0.4, -0.2) is 32.5 Å². The Morgan fingerprint density at radius 2 is 2.25 bits per heavy atom. The van der Waals surface area contributed by atoms with Crippen LogP contribution in [0.2, 0.25) is 0 Å². The van der Waals surface area contributed by atoms with Crippen LogP contribution in [0.15, 0.2) is 51.1 Å². The number of nitrogens with one attached hydrogen (secondary N) is 1. The van der Waals surface area contributed by atoms with Crippen molar-refractivity contribution in [2.45, 2.75) is 26.3 Å². The Bertz CT molecular complexity index is 1030. The second-order valence-corrected chi connectivity index (χ2v) is 7.22. The van der Waals surface area contributed by atoms with Gasteiger partial charge in [-0.2, -0.15) is 5.10 Å². The van der Waals surface area contributed by atoms with Crippen molar-refractivity contribution in [2.24, 2.45) is 0 Å². The van der Waals surface area contributed by atoms with Crippen molar-refractivity contribution in [2.75, 3.05) is 6.54 Å². The highest BCUT2D eigenvalue weighted by Crippen LogP contribution is 2.34. The fourth-order valence-corrected chi connectivity index (χ4v) is 3.68. The van der Waals surface area contributed by atoms with Crippen molar-refractivity contribution in [3.63, 3.8) is 0 Å². The number of rotatable bonds is 8. The lowest BCUT2D eigenvalue weighted by atomic mass is 10.1. The first-order chi connectivity index (χ1) is 13.7. The lowest BCUT2D eigenvalue weighted by Crippen LogP contribution is -2.27. The number of hydrogen-bond donors (Lipinski definition) is 1. The van der Waals surface area contributed by atoms with Gasteiger partial charge >= 0.3 is 0 Å². The average Bonchev–Trinajstić information content (AvgIpc) is 3.46. The summed E-state index contributed by atoms with van der Waals surface area (Å²) in [5.41, 5.74) is 2.67. The molecular weight excluding hydrogens is 378 g/mol. The molecule has 1 amide bonds. The molecule has 28 heavy (non-hydrogen) atoms. The number of thiophene rings is 1. The molecule has 4 heterocycles. The highest BCUT2D eigenvalue weighted by molar-refractivity contribution is 7.13. The minimum absolute atomic E-state index is 0.0349. The summed E-state index contributed by atoms with van der Waals surface area (Å²) in [6.45, 7) is 2.91. The summed E-state index contributed by atoms with van der Waals surface area (Å²) >= 11 is 1.63. The van der Waals surface area contributed by atoms with Crippen molar-refractivity contribution in [3.05, 3.63) is 53.5 Å². The van der Waals surface area contributed by atoms with E-state index in [9.17, 15) is 4.79 Å². The van der Waals surface area contributed by atoms with Crippen LogP contribution in [0.4, 0.5) is 0 Å². The Morgan fingerprint density at radius 3 is 2.96 bits per heavy atom. The molecule has 0 aliphatic rings. The molecule has 0 aliphatic heterocycles. The molecule has 0 unspecified atom stereocenters. The quantitative estimate of drug-likeness (QED) is 0.490. The van der Waals surface area contributed by atoms with Crippen LogP contribution in [-0.2, 0) is 17.8 Å². The molecule has 0 fully saturated rings. The van der Waals surface area contributed by atoms with Crippen LogP contribution < -0.4 is 5.32 Å². The minimum atomic E-state index is -0.0349. The third-order valence-electron chi connectivity index (χ3n) is 4.22. The fraction of sp³-hybridized carbons (Fsp3) is 0.263. The van der Waals surface area contributed by atoms with E-state index in [2.05, 4.69) is 20.7 Å². The molecular formula is C19H19N5O3S. The number of aryl methyl sites for hydroxylation is 2. The Labute approximate surface area is 165 Å². The van der Waals surface area contributed by atoms with Crippen molar-refractivity contribution < 1.29 is 13.8 Å². The van der Waals surface area contributed by atoms with E-state index in [0.29, 0.717) is 37.5 Å². The lowest BCUT2D eigenvalue weighted by molar-refractivity contribution is -0.121. The third kappa shape index (κ3) is 4.04. The van der Waals surface area contributed by atoms with E-state index in [4.69, 9.17) is 9.05 Å². The van der Waals surface area contributed by atoms with Crippen LogP contribution in [0.5, 0.6) is 0 Å². The van der Waals surface area contributed by atoms with Gasteiger partial charge in [0.05, 0.1) is 40.8 Å². The number of nitrogens with zero attached hydrogens (tertiary/aromatic N) is 4. The zero-order valence-corrected chi connectivity index (χ0v) is 16.1. The molecule has 0 spiro atoms. The summed E-state index contributed by atoms with van der Waals surface area (Å²) in [7, 11) is 0. The molecule has 4 aromatic heterocycles. The van der Waals surface area contributed by atoms with Crippen LogP contribution in [0.1, 0.15) is 17.9 Å². The van der Waals surface area contributed by atoms with Gasteiger partial charge in [0.25, 0.3) is 0 Å². The van der Waals surface area contributed by atoms with E-state index < -0.39 is 0 Å². The van der Waals surface area contributed by atoms with Crippen molar-refractivity contribution in [3.8, 4) is 21.9 Å². The van der Waals surface area contributed by atoms with E-state index in [-0.39, 0.29) is 5.91 Å². The van der Waals surface area contributed by atoms with Crippen LogP contribution in [0.25, 0.3) is 21.9 Å². The van der Waals surface area contributed by atoms with Crippen LogP contribution >= 0.6 is 11.3 Å². The summed E-state index contributed by atoms with van der Waals surface area (Å²) in [6, 6.07) is 7.69. The molecule has 8 nitrogen and oxygen atoms in total. The first kappa shape index (κ1) is 18.2. The normalized spacial score (nSPS) is 11.0. The van der Waals surface area contributed by atoms with E-state index in [0.717, 1.165) is 21.8 Å². The standard InChI is InChI=1S/C19H19N5O3S/c1-13-11-16(27-23-13)15-12-21-24(19(15)17-3-2-10-28-17)9-8-20-18(25)5-4-14-6-7-22-26-14/h2-3,6-7,10-12H,4-5,8-9H2,1H3,(H,20,25). The molecule has 9 heteroatoms. The molecule has 4 aromatic rings. The second-order valence-electron chi connectivity index (χ2n) is 6.27. The number of carbonyl (C=O) groups is 1. The molecule has 144 valence electrons. The molecule has 0 atom stereocenters. The van der Waals surface area contributed by atoms with Crippen LogP contribution in [0.3, 0.4) is 0 Å². The minimum Gasteiger partial charge on any atom is -0.361 e. The SMILES string of the molecule is Cc1cc(-c2cnn(CCNC(=O)CCc3ccno3)c2-c2cccs2)on1. The van der Waals surface area contributed by atoms with Crippen molar-refractivity contribution in [1.29, 1.82) is 0 Å². The summed E-state index contributed by atoms with van der Waals surface area (Å²) in [5.74, 6) is 1.35. The van der Waals surface area contributed by atoms with E-state index in [1.807, 2.05) is 35.2 Å². The first-order valence-corrected chi connectivity index (χ1v) is 9.78. The van der Waals surface area contributed by atoms with Gasteiger partial charge < -0.3 is 14.4 Å². The predicted molar refractivity (Wildman–Crippen MR) is 104 cm³/mol. The first-order valence-electron chi connectivity index (χ1n) is 8.90. The van der Waals surface area contributed by atoms with Gasteiger partial charge in [0.15, 0.2) is 5.76 Å². The maximum absolute atomic E-state index is 12.0. The van der Waals surface area contributed by atoms with Gasteiger partial charge in [-0.3, -0.25) is 9.48 Å². The molecule has 0 saturated carbocycles. The predicted octanol–water partition coefficient (Wildman–Crippen LogP) is 3.31. The maximum Gasteiger partial charge on any atom is 0.220 e. The van der Waals surface area contributed by atoms with Crippen molar-refractivity contribution >= 4 is 17.2 Å². The summed E-state index contributed by atoms with van der Waals surface area (Å²) in [6.07, 6.45) is 4.24. The molecule has 0 aliphatic carbocycles. The van der Waals surface area contributed by atoms with Gasteiger partial charge in [0.2, 0.25) is 5.91 Å². The number of carbonyl (C=O) groups excluding carboxylic acids is 1. The highest BCUT2D eigenvalue weighted by Gasteiger charge is 2.18. The average molecular weight is 397 g/mol. The number of amides is 1. The van der Waals surface area contributed by atoms with Crippen LogP contribution in [0, 0.1) is 6.92 Å². The summed E-state index contributed by atoms with van der Waals surface area (Å²) < 4.78 is 12.3. The van der Waals surface area contributed by atoms with E-state index >= 15 is 0 Å². The van der Waals surface area contributed by atoms with Gasteiger partial charge in [0.1, 0.15) is 5.76 Å². The monoisotopic (exact) mass is 397 g/mol. The Morgan fingerprint density at radius 1 is 1.32 bits per heavy atom. The van der Waals surface area contributed by atoms with E-state index in [1.165, 1.54) is 0 Å². The summed E-state index contributed by atoms with van der Waals surface area (Å²) in [4.78, 5) is 13.1. The van der Waals surface area contributed by atoms with Crippen molar-refractivity contribution in [1.82, 2.24) is 25.4 Å². The number of hydrogen-bond acceptors (Lipinski definition) is 7. The highest BCUT2D eigenvalue weighted by atomic mass is 32.1. The molecule has 0 saturated heterocycles. The van der Waals surface area contributed by atoms with Gasteiger partial charge in [-0.15, -0.1) is 11.3 Å². The van der Waals surface area contributed by atoms with Gasteiger partial charge in [-0.1, -0.05) is 16.4 Å². The third-order valence-corrected chi connectivity index (χ3v) is 5.10. The van der Waals surface area contributed by atoms with Gasteiger partial charge in [-0.05, 0) is 18.4 Å². The molecule has 0 bridgehead atoms. The molecule has 1 N–H and O–H groups in total. The Hall–Kier alpha value is -3.20. The topological polar surface area (TPSA) is 99.0 Å². The maximum atomic E-state index is 12.0. The smallest absolute Gasteiger partial charge is 0.220 e. The largest absolute Gasteiger partial charge is 0.361 e. The summed E-state index contributed by atoms with van der Waals surface area (Å²) in [5, 5.41) is 17.1. The fourth-order valence-electron chi connectivity index (χ4n) is 2.90. The number of aromatic nitrogens is 4. The van der Waals surface area contributed by atoms with Gasteiger partial charge in [0, 0.05) is 31.5 Å². The zero-order valence-electron chi connectivity index (χ0n) is 15.3.